The predicted octanol–water partition coefficient (Wildman–Crippen LogP) is 1.94. The first kappa shape index (κ1) is 9.06. The molecule has 0 heterocycles. The molecule has 0 aromatic heterocycles. The van der Waals surface area contributed by atoms with E-state index in [0.29, 0.717) is 10.0 Å². The van der Waals surface area contributed by atoms with Crippen LogP contribution in [-0.2, 0) is 0 Å². The Hall–Kier alpha value is -1.03. The molecule has 0 fully saturated rings. The third-order valence-electron chi connectivity index (χ3n) is 1.51. The van der Waals surface area contributed by atoms with E-state index in [9.17, 15) is 9.90 Å². The maximum absolute atomic E-state index is 10.9. The topological polar surface area (TPSA) is 63.3 Å². The maximum atomic E-state index is 10.9. The first-order chi connectivity index (χ1) is 5.52. The molecule has 1 aromatic carbocycles. The van der Waals surface area contributed by atoms with E-state index >= 15 is 0 Å². The van der Waals surface area contributed by atoms with Gasteiger partial charge in [0.05, 0.1) is 5.69 Å². The van der Waals surface area contributed by atoms with Crippen molar-refractivity contribution in [2.45, 2.75) is 6.92 Å². The molecule has 1 rings (SSSR count). The van der Waals surface area contributed by atoms with E-state index in [1.165, 1.54) is 13.0 Å². The van der Waals surface area contributed by atoms with Crippen LogP contribution in [0.1, 0.15) is 17.3 Å². The summed E-state index contributed by atoms with van der Waals surface area (Å²) in [5, 5.41) is 9.22. The largest absolute Gasteiger partial charge is 0.506 e. The lowest BCUT2D eigenvalue weighted by molar-refractivity contribution is 0.101. The number of halogens is 1. The second-order valence-corrected chi connectivity index (χ2v) is 3.30. The number of benzene rings is 1. The third kappa shape index (κ3) is 1.58. The average Bonchev–Trinajstić information content (AvgIpc) is 1.99. The number of carbonyl (C=O) groups is 1. The Morgan fingerprint density at radius 1 is 1.58 bits per heavy atom. The zero-order valence-electron chi connectivity index (χ0n) is 6.47. The molecular formula is C8H8BrNO2. The molecule has 0 saturated carbocycles. The van der Waals surface area contributed by atoms with Crippen LogP contribution in [0.4, 0.5) is 5.69 Å². The second-order valence-electron chi connectivity index (χ2n) is 2.45. The lowest BCUT2D eigenvalue weighted by atomic mass is 10.1. The highest BCUT2D eigenvalue weighted by Gasteiger charge is 2.07. The van der Waals surface area contributed by atoms with E-state index in [1.54, 1.807) is 6.07 Å². The van der Waals surface area contributed by atoms with Crippen molar-refractivity contribution in [2.24, 2.45) is 0 Å². The molecule has 0 saturated heterocycles. The SMILES string of the molecule is CC(=O)c1cc(O)c(N)c(Br)c1. The van der Waals surface area contributed by atoms with Gasteiger partial charge in [-0.05, 0) is 35.0 Å². The quantitative estimate of drug-likeness (QED) is 0.440. The Bertz CT molecular complexity index is 313. The number of nitrogens with two attached hydrogens (primary N) is 1. The lowest BCUT2D eigenvalue weighted by Crippen LogP contribution is -1.95. The van der Waals surface area contributed by atoms with Gasteiger partial charge in [0, 0.05) is 10.0 Å². The van der Waals surface area contributed by atoms with E-state index in [0.717, 1.165) is 0 Å². The van der Waals surface area contributed by atoms with Crippen molar-refractivity contribution in [1.29, 1.82) is 0 Å². The third-order valence-corrected chi connectivity index (χ3v) is 2.17. The van der Waals surface area contributed by atoms with Crippen molar-refractivity contribution >= 4 is 27.4 Å². The summed E-state index contributed by atoms with van der Waals surface area (Å²) in [4.78, 5) is 10.9. The van der Waals surface area contributed by atoms with Gasteiger partial charge < -0.3 is 10.8 Å². The molecule has 12 heavy (non-hydrogen) atoms. The number of nitrogen functional groups attached to an aromatic ring is 1. The van der Waals surface area contributed by atoms with Gasteiger partial charge in [0.1, 0.15) is 5.75 Å². The summed E-state index contributed by atoms with van der Waals surface area (Å²) < 4.78 is 0.535. The zero-order valence-corrected chi connectivity index (χ0v) is 8.05. The normalized spacial score (nSPS) is 9.83. The minimum absolute atomic E-state index is 0.0745. The number of Topliss-reactive ketones (excluding diaryl/α,β-unsaturated/α-hetero) is 1. The van der Waals surface area contributed by atoms with Gasteiger partial charge in [-0.25, -0.2) is 0 Å². The van der Waals surface area contributed by atoms with Gasteiger partial charge in [-0.1, -0.05) is 0 Å². The number of carbonyl (C=O) groups excluding carboxylic acids is 1. The fraction of sp³-hybridized carbons (Fsp3) is 0.125. The van der Waals surface area contributed by atoms with E-state index in [-0.39, 0.29) is 17.2 Å². The maximum Gasteiger partial charge on any atom is 0.159 e. The number of anilines is 1. The molecule has 0 aliphatic rings. The first-order valence-electron chi connectivity index (χ1n) is 3.31. The number of hydrogen-bond donors (Lipinski definition) is 2. The highest BCUT2D eigenvalue weighted by Crippen LogP contribution is 2.30. The number of hydrogen-bond acceptors (Lipinski definition) is 3. The van der Waals surface area contributed by atoms with E-state index in [1.807, 2.05) is 0 Å². The molecule has 0 bridgehead atoms. The Morgan fingerprint density at radius 3 is 2.58 bits per heavy atom. The van der Waals surface area contributed by atoms with Crippen molar-refractivity contribution in [3.63, 3.8) is 0 Å². The van der Waals surface area contributed by atoms with Crippen molar-refractivity contribution in [3.8, 4) is 5.75 Å². The number of rotatable bonds is 1. The summed E-state index contributed by atoms with van der Waals surface area (Å²) in [5.74, 6) is -0.180. The molecule has 0 amide bonds. The number of phenols is 1. The number of aromatic hydroxyl groups is 1. The fourth-order valence-electron chi connectivity index (χ4n) is 0.807. The fourth-order valence-corrected chi connectivity index (χ4v) is 1.26. The Kier molecular flexibility index (Phi) is 2.38. The van der Waals surface area contributed by atoms with Gasteiger partial charge in [-0.15, -0.1) is 0 Å². The first-order valence-corrected chi connectivity index (χ1v) is 4.10. The molecule has 4 heteroatoms. The van der Waals surface area contributed by atoms with Crippen LogP contribution in [0.5, 0.6) is 5.75 Å². The van der Waals surface area contributed by atoms with Gasteiger partial charge in [-0.2, -0.15) is 0 Å². The van der Waals surface area contributed by atoms with Gasteiger partial charge in [0.2, 0.25) is 0 Å². The van der Waals surface area contributed by atoms with Crippen molar-refractivity contribution in [2.75, 3.05) is 5.73 Å². The zero-order chi connectivity index (χ0) is 9.30. The molecule has 3 N–H and O–H groups in total. The Morgan fingerprint density at radius 2 is 2.17 bits per heavy atom. The van der Waals surface area contributed by atoms with Gasteiger partial charge in [-0.3, -0.25) is 4.79 Å². The Labute approximate surface area is 78.3 Å². The van der Waals surface area contributed by atoms with Gasteiger partial charge in [0.15, 0.2) is 5.78 Å². The predicted molar refractivity (Wildman–Crippen MR) is 50.2 cm³/mol. The number of ketones is 1. The molecule has 0 atom stereocenters. The molecular weight excluding hydrogens is 222 g/mol. The van der Waals surface area contributed by atoms with Crippen molar-refractivity contribution < 1.29 is 9.90 Å². The molecule has 0 aliphatic carbocycles. The summed E-state index contributed by atoms with van der Waals surface area (Å²) in [7, 11) is 0. The molecule has 3 nitrogen and oxygen atoms in total. The molecule has 1 aromatic rings. The molecule has 0 radical (unpaired) electrons. The standard InChI is InChI=1S/C8H8BrNO2/c1-4(11)5-2-6(9)8(10)7(12)3-5/h2-3,12H,10H2,1H3. The molecule has 0 aliphatic heterocycles. The van der Waals surface area contributed by atoms with Gasteiger partial charge in [0.25, 0.3) is 0 Å². The van der Waals surface area contributed by atoms with Crippen LogP contribution < -0.4 is 5.73 Å². The van der Waals surface area contributed by atoms with Gasteiger partial charge >= 0.3 is 0 Å². The molecule has 64 valence electrons. The summed E-state index contributed by atoms with van der Waals surface area (Å²) >= 11 is 3.13. The van der Waals surface area contributed by atoms with Crippen LogP contribution in [0.25, 0.3) is 0 Å². The summed E-state index contributed by atoms with van der Waals surface area (Å²) in [6.07, 6.45) is 0. The summed E-state index contributed by atoms with van der Waals surface area (Å²) in [6, 6.07) is 2.93. The van der Waals surface area contributed by atoms with E-state index in [4.69, 9.17) is 5.73 Å². The van der Waals surface area contributed by atoms with Crippen LogP contribution in [0.15, 0.2) is 16.6 Å². The molecule has 0 unspecified atom stereocenters. The second kappa shape index (κ2) is 3.15. The summed E-state index contributed by atoms with van der Waals surface area (Å²) in [5.41, 5.74) is 6.13. The lowest BCUT2D eigenvalue weighted by Gasteiger charge is -2.03. The highest BCUT2D eigenvalue weighted by molar-refractivity contribution is 9.10. The van der Waals surface area contributed by atoms with E-state index < -0.39 is 0 Å². The highest BCUT2D eigenvalue weighted by atomic mass is 79.9. The van der Waals surface area contributed by atoms with Crippen molar-refractivity contribution in [3.05, 3.63) is 22.2 Å². The van der Waals surface area contributed by atoms with Crippen LogP contribution in [-0.4, -0.2) is 10.9 Å². The number of phenolic OH excluding ortho intramolecular Hbond substituents is 1. The van der Waals surface area contributed by atoms with Crippen molar-refractivity contribution in [1.82, 2.24) is 0 Å². The average molecular weight is 230 g/mol. The molecule has 0 spiro atoms. The summed E-state index contributed by atoms with van der Waals surface area (Å²) in [6.45, 7) is 1.43. The van der Waals surface area contributed by atoms with E-state index in [2.05, 4.69) is 15.9 Å². The van der Waals surface area contributed by atoms with Crippen LogP contribution in [0.3, 0.4) is 0 Å². The minimum atomic E-state index is -0.106. The smallest absolute Gasteiger partial charge is 0.159 e. The minimum Gasteiger partial charge on any atom is -0.506 e. The van der Waals surface area contributed by atoms with Crippen LogP contribution >= 0.6 is 15.9 Å². The monoisotopic (exact) mass is 229 g/mol. The van der Waals surface area contributed by atoms with Crippen LogP contribution in [0.2, 0.25) is 0 Å². The Balaban J connectivity index is 3.31. The van der Waals surface area contributed by atoms with Crippen LogP contribution in [0, 0.1) is 0 Å².